The molecule has 1 unspecified atom stereocenters. The van der Waals surface area contributed by atoms with Crippen molar-refractivity contribution in [2.75, 3.05) is 25.0 Å². The number of amides is 2. The van der Waals surface area contributed by atoms with E-state index >= 15 is 0 Å². The molecule has 3 N–H and O–H groups in total. The van der Waals surface area contributed by atoms with Gasteiger partial charge in [-0.15, -0.1) is 0 Å². The smallest absolute Gasteiger partial charge is 0.282 e. The number of carbonyl (C=O) groups is 2. The molecule has 1 aromatic carbocycles. The fraction of sp³-hybridized carbons (Fsp3) is 0.438. The number of carbonyl (C=O) groups excluding carboxylic acids is 2. The Morgan fingerprint density at radius 3 is 2.68 bits per heavy atom. The lowest BCUT2D eigenvalue weighted by atomic mass is 10.2. The average Bonchev–Trinajstić information content (AvgIpc) is 2.52. The minimum Gasteiger partial charge on any atom is -0.351 e. The quantitative estimate of drug-likeness (QED) is 0.659. The van der Waals surface area contributed by atoms with Crippen molar-refractivity contribution in [3.63, 3.8) is 0 Å². The summed E-state index contributed by atoms with van der Waals surface area (Å²) < 4.78 is 0. The van der Waals surface area contributed by atoms with E-state index in [9.17, 15) is 9.59 Å². The second kappa shape index (κ2) is 8.80. The van der Waals surface area contributed by atoms with Crippen LogP contribution in [0.2, 0.25) is 0 Å². The number of nitrogens with zero attached hydrogens (tertiary/aromatic N) is 1. The summed E-state index contributed by atoms with van der Waals surface area (Å²) in [6.07, 6.45) is 0. The summed E-state index contributed by atoms with van der Waals surface area (Å²) in [5.74, 6) is -0.235. The van der Waals surface area contributed by atoms with E-state index in [0.29, 0.717) is 24.3 Å². The predicted octanol–water partition coefficient (Wildman–Crippen LogP) is -0.0738. The van der Waals surface area contributed by atoms with Crippen LogP contribution < -0.4 is 15.5 Å². The normalized spacial score (nSPS) is 12.8. The van der Waals surface area contributed by atoms with E-state index in [1.54, 1.807) is 31.2 Å². The lowest BCUT2D eigenvalue weighted by Gasteiger charge is -2.23. The Bertz CT molecular complexity index is 566. The topological polar surface area (TPSA) is 86.4 Å². The van der Waals surface area contributed by atoms with Crippen LogP contribution in [0.4, 0.5) is 5.69 Å². The molecule has 0 aromatic heterocycles. The maximum Gasteiger partial charge on any atom is 0.282 e. The standard InChI is InChI=1S/C16H22N4O2/c1-4-18-15(21)11-20(5-2)12(3)16(22)19-14-8-6-7-13(9-14)10-17/h6-9,12H,4-5,11H2,1-3H3,(H,18,21)(H,19,22)/p+1/t12-/m1/s1. The Kier molecular flexibility index (Phi) is 7.06. The summed E-state index contributed by atoms with van der Waals surface area (Å²) >= 11 is 0. The van der Waals surface area contributed by atoms with Gasteiger partial charge in [-0.1, -0.05) is 6.07 Å². The molecule has 2 atom stereocenters. The van der Waals surface area contributed by atoms with Gasteiger partial charge in [-0.2, -0.15) is 5.26 Å². The first-order chi connectivity index (χ1) is 10.5. The maximum absolute atomic E-state index is 12.3. The Labute approximate surface area is 131 Å². The molecule has 1 rings (SSSR count). The molecule has 2 amide bonds. The zero-order valence-electron chi connectivity index (χ0n) is 13.3. The predicted molar refractivity (Wildman–Crippen MR) is 84.3 cm³/mol. The van der Waals surface area contributed by atoms with Crippen LogP contribution in [0.3, 0.4) is 0 Å². The van der Waals surface area contributed by atoms with Gasteiger partial charge in [0.15, 0.2) is 12.6 Å². The highest BCUT2D eigenvalue weighted by atomic mass is 16.2. The lowest BCUT2D eigenvalue weighted by Crippen LogP contribution is -3.17. The Morgan fingerprint density at radius 1 is 1.36 bits per heavy atom. The number of rotatable bonds is 7. The van der Waals surface area contributed by atoms with E-state index in [0.717, 1.165) is 4.90 Å². The summed E-state index contributed by atoms with van der Waals surface area (Å²) in [5, 5.41) is 14.4. The monoisotopic (exact) mass is 303 g/mol. The molecule has 0 heterocycles. The number of quaternary nitrogens is 1. The summed E-state index contributed by atoms with van der Waals surface area (Å²) in [6, 6.07) is 8.43. The van der Waals surface area contributed by atoms with Crippen LogP contribution >= 0.6 is 0 Å². The molecule has 22 heavy (non-hydrogen) atoms. The number of likely N-dealkylation sites (N-methyl/N-ethyl adjacent to an activating group) is 2. The Balaban J connectivity index is 2.69. The molecule has 6 heteroatoms. The minimum atomic E-state index is -0.363. The highest BCUT2D eigenvalue weighted by Crippen LogP contribution is 2.09. The van der Waals surface area contributed by atoms with Crippen LogP contribution in [0, 0.1) is 11.3 Å². The van der Waals surface area contributed by atoms with Gasteiger partial charge in [-0.25, -0.2) is 0 Å². The lowest BCUT2D eigenvalue weighted by molar-refractivity contribution is -0.904. The Morgan fingerprint density at radius 2 is 2.09 bits per heavy atom. The van der Waals surface area contributed by atoms with Crippen LogP contribution in [-0.4, -0.2) is 37.5 Å². The van der Waals surface area contributed by atoms with Crippen molar-refractivity contribution < 1.29 is 14.5 Å². The van der Waals surface area contributed by atoms with Gasteiger partial charge in [0, 0.05) is 12.2 Å². The van der Waals surface area contributed by atoms with Gasteiger partial charge in [0.25, 0.3) is 11.8 Å². The van der Waals surface area contributed by atoms with Gasteiger partial charge in [-0.05, 0) is 39.0 Å². The molecule has 0 radical (unpaired) electrons. The van der Waals surface area contributed by atoms with E-state index in [1.165, 1.54) is 0 Å². The van der Waals surface area contributed by atoms with Crippen LogP contribution in [0.15, 0.2) is 24.3 Å². The highest BCUT2D eigenvalue weighted by Gasteiger charge is 2.25. The molecule has 6 nitrogen and oxygen atoms in total. The van der Waals surface area contributed by atoms with Crippen molar-refractivity contribution in [1.82, 2.24) is 5.32 Å². The number of nitrogens with one attached hydrogen (secondary N) is 3. The fourth-order valence-electron chi connectivity index (χ4n) is 2.15. The second-order valence-electron chi connectivity index (χ2n) is 5.05. The van der Waals surface area contributed by atoms with Crippen molar-refractivity contribution in [3.8, 4) is 6.07 Å². The van der Waals surface area contributed by atoms with Crippen molar-refractivity contribution in [3.05, 3.63) is 29.8 Å². The van der Waals surface area contributed by atoms with E-state index in [2.05, 4.69) is 10.6 Å². The van der Waals surface area contributed by atoms with Crippen LogP contribution in [0.5, 0.6) is 0 Å². The molecule has 0 saturated carbocycles. The number of anilines is 1. The SMILES string of the molecule is CCNC(=O)C[NH+](CC)[C@H](C)C(=O)Nc1cccc(C#N)c1. The Hall–Kier alpha value is -2.39. The van der Waals surface area contributed by atoms with Crippen LogP contribution in [0.1, 0.15) is 26.3 Å². The first-order valence-corrected chi connectivity index (χ1v) is 7.44. The van der Waals surface area contributed by atoms with Crippen LogP contribution in [-0.2, 0) is 9.59 Å². The zero-order chi connectivity index (χ0) is 16.5. The second-order valence-corrected chi connectivity index (χ2v) is 5.05. The van der Waals surface area contributed by atoms with Crippen molar-refractivity contribution in [2.45, 2.75) is 26.8 Å². The highest BCUT2D eigenvalue weighted by molar-refractivity contribution is 5.93. The molecule has 0 aliphatic heterocycles. The van der Waals surface area contributed by atoms with E-state index < -0.39 is 0 Å². The van der Waals surface area contributed by atoms with Gasteiger partial charge in [0.1, 0.15) is 0 Å². The average molecular weight is 303 g/mol. The van der Waals surface area contributed by atoms with Crippen molar-refractivity contribution in [1.29, 1.82) is 5.26 Å². The third-order valence-electron chi connectivity index (χ3n) is 3.48. The molecular weight excluding hydrogens is 280 g/mol. The molecule has 0 fully saturated rings. The van der Waals surface area contributed by atoms with Gasteiger partial charge < -0.3 is 15.5 Å². The fourth-order valence-corrected chi connectivity index (χ4v) is 2.15. The molecule has 118 valence electrons. The summed E-state index contributed by atoms with van der Waals surface area (Å²) in [5.41, 5.74) is 1.08. The number of benzene rings is 1. The number of nitriles is 1. The van der Waals surface area contributed by atoms with Gasteiger partial charge in [0.2, 0.25) is 0 Å². The third-order valence-corrected chi connectivity index (χ3v) is 3.48. The zero-order valence-corrected chi connectivity index (χ0v) is 13.3. The molecule has 0 spiro atoms. The summed E-state index contributed by atoms with van der Waals surface area (Å²) in [4.78, 5) is 24.9. The van der Waals surface area contributed by atoms with Gasteiger partial charge >= 0.3 is 0 Å². The molecule has 0 aliphatic rings. The first-order valence-electron chi connectivity index (χ1n) is 7.44. The first kappa shape index (κ1) is 17.7. The molecular formula is C16H23N4O2+. The summed E-state index contributed by atoms with van der Waals surface area (Å²) in [7, 11) is 0. The molecule has 0 aliphatic carbocycles. The van der Waals surface area contributed by atoms with Crippen LogP contribution in [0.25, 0.3) is 0 Å². The van der Waals surface area contributed by atoms with Gasteiger partial charge in [0.05, 0.1) is 18.2 Å². The molecule has 0 bridgehead atoms. The minimum absolute atomic E-state index is 0.0644. The van der Waals surface area contributed by atoms with Crippen molar-refractivity contribution in [2.24, 2.45) is 0 Å². The number of hydrogen-bond donors (Lipinski definition) is 3. The van der Waals surface area contributed by atoms with Gasteiger partial charge in [-0.3, -0.25) is 9.59 Å². The van der Waals surface area contributed by atoms with E-state index in [1.807, 2.05) is 19.9 Å². The molecule has 0 saturated heterocycles. The van der Waals surface area contributed by atoms with E-state index in [4.69, 9.17) is 5.26 Å². The van der Waals surface area contributed by atoms with Crippen molar-refractivity contribution >= 4 is 17.5 Å². The maximum atomic E-state index is 12.3. The van der Waals surface area contributed by atoms with E-state index in [-0.39, 0.29) is 24.4 Å². The third kappa shape index (κ3) is 5.19. The molecule has 1 aromatic rings. The largest absolute Gasteiger partial charge is 0.351 e. The summed E-state index contributed by atoms with van der Waals surface area (Å²) in [6.45, 7) is 7.11. The number of hydrogen-bond acceptors (Lipinski definition) is 3.